The summed E-state index contributed by atoms with van der Waals surface area (Å²) in [5.41, 5.74) is 0.979. The second-order valence-electron chi connectivity index (χ2n) is 7.56. The largest absolute Gasteiger partial charge is 0.354 e. The smallest absolute Gasteiger partial charge is 0.216 e. The van der Waals surface area contributed by atoms with E-state index in [4.69, 9.17) is 23.2 Å². The van der Waals surface area contributed by atoms with Gasteiger partial charge in [0.25, 0.3) is 0 Å². The third-order valence-electron chi connectivity index (χ3n) is 5.60. The van der Waals surface area contributed by atoms with Gasteiger partial charge in [0.15, 0.2) is 0 Å². The molecule has 3 N–H and O–H groups in total. The Labute approximate surface area is 182 Å². The zero-order valence-electron chi connectivity index (χ0n) is 16.7. The van der Waals surface area contributed by atoms with E-state index in [2.05, 4.69) is 20.9 Å². The first-order valence-corrected chi connectivity index (χ1v) is 10.8. The Morgan fingerprint density at radius 2 is 1.83 bits per heavy atom. The fourth-order valence-electron chi connectivity index (χ4n) is 4.05. The van der Waals surface area contributed by atoms with Crippen LogP contribution in [0.15, 0.2) is 42.7 Å². The van der Waals surface area contributed by atoms with Crippen LogP contribution < -0.4 is 16.0 Å². The van der Waals surface area contributed by atoms with Crippen molar-refractivity contribution in [3.8, 4) is 0 Å². The van der Waals surface area contributed by atoms with Gasteiger partial charge in [-0.1, -0.05) is 29.3 Å². The number of rotatable bonds is 8. The van der Waals surface area contributed by atoms with Crippen LogP contribution >= 0.6 is 23.2 Å². The molecule has 0 bridgehead atoms. The number of carbonyl (C=O) groups is 1. The topological polar surface area (TPSA) is 66.1 Å². The number of benzene rings is 1. The van der Waals surface area contributed by atoms with Crippen molar-refractivity contribution in [2.45, 2.75) is 31.7 Å². The maximum Gasteiger partial charge on any atom is 0.216 e. The number of pyridine rings is 1. The van der Waals surface area contributed by atoms with Crippen molar-refractivity contribution in [3.05, 3.63) is 63.9 Å². The Hall–Kier alpha value is -1.66. The van der Waals surface area contributed by atoms with Crippen LogP contribution in [0.5, 0.6) is 0 Å². The lowest BCUT2D eigenvalue weighted by atomic mass is 9.82. The number of amides is 1. The second kappa shape index (κ2) is 10.4. The monoisotopic (exact) mass is 434 g/mol. The van der Waals surface area contributed by atoms with E-state index in [1.807, 2.05) is 30.3 Å². The normalized spacial score (nSPS) is 16.9. The molecule has 29 heavy (non-hydrogen) atoms. The zero-order chi connectivity index (χ0) is 20.7. The highest BCUT2D eigenvalue weighted by Crippen LogP contribution is 2.39. The van der Waals surface area contributed by atoms with Gasteiger partial charge in [-0.05, 0) is 74.6 Å². The Morgan fingerprint density at radius 3 is 2.45 bits per heavy atom. The molecule has 3 rings (SSSR count). The van der Waals surface area contributed by atoms with E-state index in [9.17, 15) is 4.79 Å². The molecule has 1 unspecified atom stereocenters. The molecule has 5 nitrogen and oxygen atoms in total. The zero-order valence-corrected chi connectivity index (χ0v) is 18.2. The molecule has 1 atom stereocenters. The minimum absolute atomic E-state index is 0.105. The summed E-state index contributed by atoms with van der Waals surface area (Å²) in [5, 5.41) is 11.2. The van der Waals surface area contributed by atoms with Crippen molar-refractivity contribution in [3.63, 3.8) is 0 Å². The van der Waals surface area contributed by atoms with Gasteiger partial charge in [0, 0.05) is 41.5 Å². The summed E-state index contributed by atoms with van der Waals surface area (Å²) in [5.74, 6) is 0.577. The minimum Gasteiger partial charge on any atom is -0.354 e. The SMILES string of the molecule is CC(=O)NCC(NCCC1CCNCC1)(c1ccncc1)c1c(Cl)cccc1Cl. The first-order chi connectivity index (χ1) is 14.0. The molecule has 0 radical (unpaired) electrons. The molecule has 1 fully saturated rings. The predicted octanol–water partition coefficient (Wildman–Crippen LogP) is 3.75. The molecule has 1 aliphatic rings. The molecule has 0 spiro atoms. The van der Waals surface area contributed by atoms with Crippen LogP contribution in [0.2, 0.25) is 10.0 Å². The third-order valence-corrected chi connectivity index (χ3v) is 6.23. The van der Waals surface area contributed by atoms with Crippen molar-refractivity contribution in [2.24, 2.45) is 5.92 Å². The van der Waals surface area contributed by atoms with Gasteiger partial charge in [0.1, 0.15) is 0 Å². The molecule has 156 valence electrons. The molecule has 1 aromatic carbocycles. The summed E-state index contributed by atoms with van der Waals surface area (Å²) in [7, 11) is 0. The summed E-state index contributed by atoms with van der Waals surface area (Å²) in [6.45, 7) is 4.78. The van der Waals surface area contributed by atoms with Gasteiger partial charge in [-0.2, -0.15) is 0 Å². The lowest BCUT2D eigenvalue weighted by Crippen LogP contribution is -2.52. The highest BCUT2D eigenvalue weighted by molar-refractivity contribution is 6.36. The maximum atomic E-state index is 11.8. The number of carbonyl (C=O) groups excluding carboxylic acids is 1. The summed E-state index contributed by atoms with van der Waals surface area (Å²) < 4.78 is 0. The Morgan fingerprint density at radius 1 is 1.17 bits per heavy atom. The first-order valence-electron chi connectivity index (χ1n) is 10.1. The van der Waals surface area contributed by atoms with Gasteiger partial charge in [-0.3, -0.25) is 9.78 Å². The average Bonchev–Trinajstić information content (AvgIpc) is 2.73. The summed E-state index contributed by atoms with van der Waals surface area (Å²) in [4.78, 5) is 16.0. The van der Waals surface area contributed by atoms with E-state index in [1.54, 1.807) is 12.4 Å². The van der Waals surface area contributed by atoms with Crippen LogP contribution in [0.25, 0.3) is 0 Å². The van der Waals surface area contributed by atoms with E-state index in [0.29, 0.717) is 22.5 Å². The number of piperidine rings is 1. The lowest BCUT2D eigenvalue weighted by Gasteiger charge is -2.38. The molecule has 1 saturated heterocycles. The van der Waals surface area contributed by atoms with Crippen LogP contribution in [-0.4, -0.2) is 37.1 Å². The average molecular weight is 435 g/mol. The van der Waals surface area contributed by atoms with Crippen LogP contribution in [0.3, 0.4) is 0 Å². The quantitative estimate of drug-likeness (QED) is 0.591. The highest BCUT2D eigenvalue weighted by Gasteiger charge is 2.38. The fourth-order valence-corrected chi connectivity index (χ4v) is 4.77. The van der Waals surface area contributed by atoms with Crippen molar-refractivity contribution < 1.29 is 4.79 Å². The number of halogens is 2. The summed E-state index contributed by atoms with van der Waals surface area (Å²) in [6.07, 6.45) is 6.91. The molecule has 0 saturated carbocycles. The number of nitrogens with zero attached hydrogens (tertiary/aromatic N) is 1. The van der Waals surface area contributed by atoms with Crippen molar-refractivity contribution in [2.75, 3.05) is 26.2 Å². The Kier molecular flexibility index (Phi) is 7.90. The van der Waals surface area contributed by atoms with Crippen LogP contribution in [0.4, 0.5) is 0 Å². The molecule has 1 aliphatic heterocycles. The maximum absolute atomic E-state index is 11.8. The first kappa shape index (κ1) is 22.0. The fraction of sp³-hybridized carbons (Fsp3) is 0.455. The van der Waals surface area contributed by atoms with Crippen molar-refractivity contribution >= 4 is 29.1 Å². The van der Waals surface area contributed by atoms with Crippen LogP contribution in [-0.2, 0) is 10.3 Å². The molecular formula is C22H28Cl2N4O. The summed E-state index contributed by atoms with van der Waals surface area (Å²) >= 11 is 13.3. The standard InChI is InChI=1S/C22H28Cl2N4O/c1-16(29)27-15-22(18-8-12-26-13-9-18,21-19(23)3-2-4-20(21)24)28-14-7-17-5-10-25-11-6-17/h2-4,8-9,12-13,17,25,28H,5-7,10-11,14-15H2,1H3,(H,27,29). The predicted molar refractivity (Wildman–Crippen MR) is 118 cm³/mol. The Bertz CT molecular complexity index is 791. The number of nitrogens with one attached hydrogen (secondary N) is 3. The van der Waals surface area contributed by atoms with Gasteiger partial charge in [-0.25, -0.2) is 0 Å². The Balaban J connectivity index is 1.98. The van der Waals surface area contributed by atoms with Gasteiger partial charge < -0.3 is 16.0 Å². The molecule has 7 heteroatoms. The third kappa shape index (κ3) is 5.48. The van der Waals surface area contributed by atoms with Crippen LogP contribution in [0, 0.1) is 5.92 Å². The minimum atomic E-state index is -0.753. The van der Waals surface area contributed by atoms with Gasteiger partial charge >= 0.3 is 0 Å². The van der Waals surface area contributed by atoms with E-state index in [-0.39, 0.29) is 5.91 Å². The summed E-state index contributed by atoms with van der Waals surface area (Å²) in [6, 6.07) is 9.39. The lowest BCUT2D eigenvalue weighted by molar-refractivity contribution is -0.119. The molecule has 0 aliphatic carbocycles. The highest BCUT2D eigenvalue weighted by atomic mass is 35.5. The molecule has 1 amide bonds. The van der Waals surface area contributed by atoms with Gasteiger partial charge in [-0.15, -0.1) is 0 Å². The van der Waals surface area contributed by atoms with E-state index >= 15 is 0 Å². The molecular weight excluding hydrogens is 407 g/mol. The van der Waals surface area contributed by atoms with Gasteiger partial charge in [0.05, 0.1) is 5.54 Å². The molecule has 2 aromatic rings. The number of hydrogen-bond acceptors (Lipinski definition) is 4. The van der Waals surface area contributed by atoms with Gasteiger partial charge in [0.2, 0.25) is 5.91 Å². The molecule has 1 aromatic heterocycles. The van der Waals surface area contributed by atoms with Crippen LogP contribution in [0.1, 0.15) is 37.3 Å². The van der Waals surface area contributed by atoms with Crippen molar-refractivity contribution in [1.82, 2.24) is 20.9 Å². The second-order valence-corrected chi connectivity index (χ2v) is 8.37. The number of hydrogen-bond donors (Lipinski definition) is 3. The van der Waals surface area contributed by atoms with E-state index in [1.165, 1.54) is 19.8 Å². The number of aromatic nitrogens is 1. The van der Waals surface area contributed by atoms with Crippen molar-refractivity contribution in [1.29, 1.82) is 0 Å². The van der Waals surface area contributed by atoms with E-state index < -0.39 is 5.54 Å². The van der Waals surface area contributed by atoms with E-state index in [0.717, 1.165) is 37.2 Å². The molecule has 2 heterocycles.